The van der Waals surface area contributed by atoms with Crippen LogP contribution in [0.5, 0.6) is 0 Å². The lowest BCUT2D eigenvalue weighted by Gasteiger charge is -2.49. The van der Waals surface area contributed by atoms with E-state index in [4.69, 9.17) is 4.74 Å². The number of ether oxygens (including phenoxy) is 1. The maximum Gasteiger partial charge on any atom is 0.0936 e. The van der Waals surface area contributed by atoms with Crippen LogP contribution in [0.25, 0.3) is 0 Å². The number of epoxide rings is 1. The molecule has 0 spiro atoms. The fraction of sp³-hybridized carbons (Fsp3) is 1.00. The van der Waals surface area contributed by atoms with Crippen LogP contribution in [0.4, 0.5) is 0 Å². The molecule has 0 unspecified atom stereocenters. The molecule has 0 aromatic heterocycles. The second kappa shape index (κ2) is 3.49. The molecule has 0 aliphatic carbocycles. The average molecular weight is 197 g/mol. The van der Waals surface area contributed by atoms with Crippen LogP contribution in [0, 0.1) is 5.92 Å². The van der Waals surface area contributed by atoms with Gasteiger partial charge in [-0.3, -0.25) is 4.90 Å². The van der Waals surface area contributed by atoms with Crippen molar-refractivity contribution in [2.75, 3.05) is 13.2 Å². The van der Waals surface area contributed by atoms with E-state index in [0.717, 1.165) is 25.1 Å². The van der Waals surface area contributed by atoms with E-state index >= 15 is 0 Å². The van der Waals surface area contributed by atoms with Crippen LogP contribution in [0.3, 0.4) is 0 Å². The summed E-state index contributed by atoms with van der Waals surface area (Å²) in [6.07, 6.45) is 3.20. The van der Waals surface area contributed by atoms with Crippen LogP contribution in [0.15, 0.2) is 0 Å². The van der Waals surface area contributed by atoms with Crippen molar-refractivity contribution >= 4 is 0 Å². The summed E-state index contributed by atoms with van der Waals surface area (Å²) in [6.45, 7) is 11.6. The molecule has 3 atom stereocenters. The second-order valence-corrected chi connectivity index (χ2v) is 5.81. The normalized spacial score (nSPS) is 42.4. The Morgan fingerprint density at radius 2 is 2.00 bits per heavy atom. The van der Waals surface area contributed by atoms with Gasteiger partial charge in [-0.2, -0.15) is 0 Å². The van der Waals surface area contributed by atoms with E-state index < -0.39 is 0 Å². The third-order valence-corrected chi connectivity index (χ3v) is 3.70. The van der Waals surface area contributed by atoms with Crippen LogP contribution < -0.4 is 0 Å². The number of piperidine rings is 1. The van der Waals surface area contributed by atoms with Gasteiger partial charge in [-0.15, -0.1) is 0 Å². The molecule has 2 saturated heterocycles. The van der Waals surface area contributed by atoms with E-state index in [-0.39, 0.29) is 0 Å². The fourth-order valence-electron chi connectivity index (χ4n) is 3.18. The predicted molar refractivity (Wildman–Crippen MR) is 58.4 cm³/mol. The first-order chi connectivity index (χ1) is 6.49. The maximum absolute atomic E-state index is 5.34. The first kappa shape index (κ1) is 10.4. The molecule has 2 heteroatoms. The van der Waals surface area contributed by atoms with Gasteiger partial charge in [0.2, 0.25) is 0 Å². The van der Waals surface area contributed by atoms with Crippen molar-refractivity contribution < 1.29 is 4.74 Å². The molecular formula is C12H23NO. The first-order valence-electron chi connectivity index (χ1n) is 5.87. The average Bonchev–Trinajstić information content (AvgIpc) is 2.78. The molecule has 82 valence electrons. The van der Waals surface area contributed by atoms with Crippen molar-refractivity contribution in [1.29, 1.82) is 0 Å². The summed E-state index contributed by atoms with van der Waals surface area (Å²) in [4.78, 5) is 2.64. The van der Waals surface area contributed by atoms with Gasteiger partial charge in [-0.1, -0.05) is 6.92 Å². The fourth-order valence-corrected chi connectivity index (χ4v) is 3.18. The number of nitrogens with zero attached hydrogens (tertiary/aromatic N) is 1. The Balaban J connectivity index is 2.02. The molecule has 0 aromatic carbocycles. The molecule has 0 aromatic rings. The Labute approximate surface area is 87.6 Å². The third-order valence-electron chi connectivity index (χ3n) is 3.70. The number of likely N-dealkylation sites (tertiary alicyclic amines) is 1. The lowest BCUT2D eigenvalue weighted by atomic mass is 9.80. The van der Waals surface area contributed by atoms with Gasteiger partial charge in [0, 0.05) is 18.1 Å². The predicted octanol–water partition coefficient (Wildman–Crippen LogP) is 2.28. The van der Waals surface area contributed by atoms with E-state index in [2.05, 4.69) is 32.6 Å². The van der Waals surface area contributed by atoms with Crippen LogP contribution in [0.1, 0.15) is 40.5 Å². The minimum atomic E-state index is 0.364. The Kier molecular flexibility index (Phi) is 2.61. The lowest BCUT2D eigenvalue weighted by Crippen LogP contribution is -2.55. The van der Waals surface area contributed by atoms with Crippen molar-refractivity contribution in [3.8, 4) is 0 Å². The molecule has 0 saturated carbocycles. The Morgan fingerprint density at radius 3 is 2.50 bits per heavy atom. The van der Waals surface area contributed by atoms with Crippen LogP contribution in [-0.4, -0.2) is 35.7 Å². The van der Waals surface area contributed by atoms with Crippen molar-refractivity contribution in [1.82, 2.24) is 4.90 Å². The molecule has 2 fully saturated rings. The van der Waals surface area contributed by atoms with E-state index in [1.165, 1.54) is 12.8 Å². The van der Waals surface area contributed by atoms with Crippen LogP contribution in [0.2, 0.25) is 0 Å². The second-order valence-electron chi connectivity index (χ2n) is 5.81. The van der Waals surface area contributed by atoms with Crippen molar-refractivity contribution in [3.05, 3.63) is 0 Å². The third kappa shape index (κ3) is 2.12. The van der Waals surface area contributed by atoms with Gasteiger partial charge in [0.1, 0.15) is 0 Å². The highest BCUT2D eigenvalue weighted by molar-refractivity contribution is 4.94. The van der Waals surface area contributed by atoms with Gasteiger partial charge in [0.15, 0.2) is 0 Å². The van der Waals surface area contributed by atoms with E-state index in [1.54, 1.807) is 0 Å². The molecule has 0 bridgehead atoms. The standard InChI is InChI=1S/C12H23NO/c1-9-5-10(2)13(7-11-8-14-11)12(3,4)6-9/h9-11H,5-8H2,1-4H3/t9-,10-,11+/m0/s1. The summed E-state index contributed by atoms with van der Waals surface area (Å²) in [5.41, 5.74) is 0.364. The molecule has 2 rings (SSSR count). The van der Waals surface area contributed by atoms with Crippen LogP contribution in [-0.2, 0) is 4.74 Å². The summed E-state index contributed by atoms with van der Waals surface area (Å²) in [7, 11) is 0. The summed E-state index contributed by atoms with van der Waals surface area (Å²) in [6, 6.07) is 0.720. The summed E-state index contributed by atoms with van der Waals surface area (Å²) >= 11 is 0. The molecule has 2 nitrogen and oxygen atoms in total. The monoisotopic (exact) mass is 197 g/mol. The summed E-state index contributed by atoms with van der Waals surface area (Å²) in [5.74, 6) is 0.872. The highest BCUT2D eigenvalue weighted by Gasteiger charge is 2.40. The topological polar surface area (TPSA) is 15.8 Å². The molecule has 2 aliphatic heterocycles. The molecule has 2 aliphatic rings. The molecular weight excluding hydrogens is 174 g/mol. The zero-order valence-electron chi connectivity index (χ0n) is 9.92. The van der Waals surface area contributed by atoms with Gasteiger partial charge in [-0.25, -0.2) is 0 Å². The molecule has 0 radical (unpaired) electrons. The summed E-state index contributed by atoms with van der Waals surface area (Å²) < 4.78 is 5.34. The molecule has 0 N–H and O–H groups in total. The van der Waals surface area contributed by atoms with Gasteiger partial charge in [0.25, 0.3) is 0 Å². The van der Waals surface area contributed by atoms with Gasteiger partial charge >= 0.3 is 0 Å². The van der Waals surface area contributed by atoms with Gasteiger partial charge in [-0.05, 0) is 39.5 Å². The SMILES string of the molecule is C[C@H]1C[C@H](C)N(C[C@@H]2CO2)C(C)(C)C1. The maximum atomic E-state index is 5.34. The number of rotatable bonds is 2. The van der Waals surface area contributed by atoms with E-state index in [9.17, 15) is 0 Å². The molecule has 2 heterocycles. The highest BCUT2D eigenvalue weighted by Crippen LogP contribution is 2.35. The van der Waals surface area contributed by atoms with E-state index in [1.807, 2.05) is 0 Å². The zero-order chi connectivity index (χ0) is 10.3. The smallest absolute Gasteiger partial charge is 0.0936 e. The largest absolute Gasteiger partial charge is 0.372 e. The summed E-state index contributed by atoms with van der Waals surface area (Å²) in [5, 5.41) is 0. The number of hydrogen-bond donors (Lipinski definition) is 0. The minimum absolute atomic E-state index is 0.364. The number of hydrogen-bond acceptors (Lipinski definition) is 2. The minimum Gasteiger partial charge on any atom is -0.372 e. The highest BCUT2D eigenvalue weighted by atomic mass is 16.6. The zero-order valence-corrected chi connectivity index (χ0v) is 9.92. The van der Waals surface area contributed by atoms with Gasteiger partial charge < -0.3 is 4.74 Å². The Bertz CT molecular complexity index is 210. The Hall–Kier alpha value is -0.0800. The first-order valence-corrected chi connectivity index (χ1v) is 5.87. The van der Waals surface area contributed by atoms with Crippen LogP contribution >= 0.6 is 0 Å². The quantitative estimate of drug-likeness (QED) is 0.631. The lowest BCUT2D eigenvalue weighted by molar-refractivity contribution is 0.00324. The van der Waals surface area contributed by atoms with Crippen molar-refractivity contribution in [2.24, 2.45) is 5.92 Å². The molecule has 14 heavy (non-hydrogen) atoms. The molecule has 0 amide bonds. The van der Waals surface area contributed by atoms with Crippen molar-refractivity contribution in [2.45, 2.75) is 58.2 Å². The van der Waals surface area contributed by atoms with Gasteiger partial charge in [0.05, 0.1) is 12.7 Å². The Morgan fingerprint density at radius 1 is 1.36 bits per heavy atom. The van der Waals surface area contributed by atoms with Crippen molar-refractivity contribution in [3.63, 3.8) is 0 Å². The van der Waals surface area contributed by atoms with E-state index in [0.29, 0.717) is 11.6 Å².